The minimum absolute atomic E-state index is 0.153. The van der Waals surface area contributed by atoms with Crippen molar-refractivity contribution >= 4 is 28.4 Å². The Morgan fingerprint density at radius 1 is 1.16 bits per heavy atom. The number of rotatable bonds is 5. The predicted molar refractivity (Wildman–Crippen MR) is 93.4 cm³/mol. The summed E-state index contributed by atoms with van der Waals surface area (Å²) in [5.41, 5.74) is 0.800. The fourth-order valence-electron chi connectivity index (χ4n) is 2.09. The van der Waals surface area contributed by atoms with Crippen LogP contribution in [-0.4, -0.2) is 28.4 Å². The second kappa shape index (κ2) is 8.22. The maximum Gasteiger partial charge on any atom is 0.340 e. The predicted octanol–water partition coefficient (Wildman–Crippen LogP) is 2.48. The molecular formula is C18H16N2O4S. The second-order valence-corrected chi connectivity index (χ2v) is 6.49. The van der Waals surface area contributed by atoms with Crippen molar-refractivity contribution in [1.82, 2.24) is 0 Å². The molecule has 7 heteroatoms. The van der Waals surface area contributed by atoms with Crippen LogP contribution in [0.4, 0.5) is 5.69 Å². The maximum absolute atomic E-state index is 12.3. The van der Waals surface area contributed by atoms with Gasteiger partial charge in [-0.1, -0.05) is 24.3 Å². The van der Waals surface area contributed by atoms with Crippen molar-refractivity contribution < 1.29 is 18.5 Å². The van der Waals surface area contributed by atoms with Crippen LogP contribution in [0.15, 0.2) is 53.4 Å². The fourth-order valence-corrected chi connectivity index (χ4v) is 2.82. The minimum atomic E-state index is -1.36. The van der Waals surface area contributed by atoms with E-state index in [1.54, 1.807) is 42.5 Å². The van der Waals surface area contributed by atoms with Gasteiger partial charge in [0.2, 0.25) is 0 Å². The number of ether oxygens (including phenoxy) is 1. The Bertz CT molecular complexity index is 873. The van der Waals surface area contributed by atoms with Crippen molar-refractivity contribution in [2.75, 3.05) is 11.6 Å². The molecule has 128 valence electrons. The lowest BCUT2D eigenvalue weighted by molar-refractivity contribution is -0.123. The van der Waals surface area contributed by atoms with Gasteiger partial charge in [0.05, 0.1) is 32.5 Å². The van der Waals surface area contributed by atoms with Crippen LogP contribution in [0, 0.1) is 11.3 Å². The first-order valence-electron chi connectivity index (χ1n) is 7.37. The van der Waals surface area contributed by atoms with Gasteiger partial charge in [-0.2, -0.15) is 5.26 Å². The zero-order chi connectivity index (χ0) is 18.4. The molecular weight excluding hydrogens is 340 g/mol. The Kier molecular flexibility index (Phi) is 6.03. The van der Waals surface area contributed by atoms with Gasteiger partial charge in [0.15, 0.2) is 6.10 Å². The Labute approximate surface area is 147 Å². The zero-order valence-electron chi connectivity index (χ0n) is 13.7. The first kappa shape index (κ1) is 18.4. The van der Waals surface area contributed by atoms with Gasteiger partial charge >= 0.3 is 5.97 Å². The van der Waals surface area contributed by atoms with Crippen LogP contribution >= 0.6 is 0 Å². The number of hydrogen-bond acceptors (Lipinski definition) is 5. The molecule has 0 aliphatic rings. The van der Waals surface area contributed by atoms with E-state index in [1.165, 1.54) is 19.2 Å². The van der Waals surface area contributed by atoms with Crippen LogP contribution < -0.4 is 5.32 Å². The number of nitrogens with one attached hydrogen (secondary N) is 1. The first-order valence-corrected chi connectivity index (χ1v) is 8.93. The summed E-state index contributed by atoms with van der Waals surface area (Å²) in [5.74, 6) is -1.30. The van der Waals surface area contributed by atoms with Crippen molar-refractivity contribution in [3.63, 3.8) is 0 Å². The topological polar surface area (TPSA) is 96.3 Å². The van der Waals surface area contributed by atoms with E-state index in [2.05, 4.69) is 5.32 Å². The van der Waals surface area contributed by atoms with Gasteiger partial charge in [-0.15, -0.1) is 0 Å². The van der Waals surface area contributed by atoms with Gasteiger partial charge in [0, 0.05) is 6.26 Å². The molecule has 0 bridgehead atoms. The molecule has 0 spiro atoms. The third-order valence-electron chi connectivity index (χ3n) is 3.38. The lowest BCUT2D eigenvalue weighted by Gasteiger charge is -2.15. The van der Waals surface area contributed by atoms with Crippen LogP contribution in [0.1, 0.15) is 22.8 Å². The molecule has 0 saturated heterocycles. The monoisotopic (exact) mass is 356 g/mol. The highest BCUT2D eigenvalue weighted by molar-refractivity contribution is 7.84. The summed E-state index contributed by atoms with van der Waals surface area (Å²) in [6, 6.07) is 14.8. The molecule has 1 amide bonds. The molecule has 0 aliphatic heterocycles. The van der Waals surface area contributed by atoms with E-state index in [0.717, 1.165) is 0 Å². The van der Waals surface area contributed by atoms with Gasteiger partial charge in [0.25, 0.3) is 5.91 Å². The smallest absolute Gasteiger partial charge is 0.340 e. The standard InChI is InChI=1S/C18H16N2O4S/c1-12(17(21)20-15-9-5-3-7-13(15)11-19)24-18(22)14-8-4-6-10-16(14)25(2)23/h3-10,12H,1-2H3,(H,20,21)/t12-,25+/m0/s1. The number of amides is 1. The molecule has 2 atom stereocenters. The van der Waals surface area contributed by atoms with Crippen molar-refractivity contribution in [2.45, 2.75) is 17.9 Å². The number of hydrogen-bond donors (Lipinski definition) is 1. The average Bonchev–Trinajstić information content (AvgIpc) is 2.61. The normalized spacial score (nSPS) is 12.5. The molecule has 0 saturated carbocycles. The molecule has 2 aromatic rings. The number of para-hydroxylation sites is 1. The van der Waals surface area contributed by atoms with Crippen molar-refractivity contribution in [3.8, 4) is 6.07 Å². The number of carbonyl (C=O) groups is 2. The van der Waals surface area contributed by atoms with Crippen molar-refractivity contribution in [2.24, 2.45) is 0 Å². The van der Waals surface area contributed by atoms with Gasteiger partial charge < -0.3 is 10.1 Å². The van der Waals surface area contributed by atoms with Crippen LogP contribution in [-0.2, 0) is 20.3 Å². The Hall–Kier alpha value is -2.98. The lowest BCUT2D eigenvalue weighted by atomic mass is 10.2. The highest BCUT2D eigenvalue weighted by Gasteiger charge is 2.22. The van der Waals surface area contributed by atoms with E-state index in [-0.39, 0.29) is 5.56 Å². The quantitative estimate of drug-likeness (QED) is 0.830. The van der Waals surface area contributed by atoms with E-state index in [1.807, 2.05) is 6.07 Å². The molecule has 0 unspecified atom stereocenters. The minimum Gasteiger partial charge on any atom is -0.449 e. The maximum atomic E-state index is 12.3. The fraction of sp³-hybridized carbons (Fsp3) is 0.167. The summed E-state index contributed by atoms with van der Waals surface area (Å²) >= 11 is 0. The third kappa shape index (κ3) is 4.52. The molecule has 2 aromatic carbocycles. The van der Waals surface area contributed by atoms with Crippen LogP contribution in [0.2, 0.25) is 0 Å². The summed E-state index contributed by atoms with van der Waals surface area (Å²) in [5, 5.41) is 11.6. The number of benzene rings is 2. The molecule has 2 rings (SSSR count). The van der Waals surface area contributed by atoms with Crippen LogP contribution in [0.25, 0.3) is 0 Å². The Balaban J connectivity index is 2.10. The third-order valence-corrected chi connectivity index (χ3v) is 4.35. The van der Waals surface area contributed by atoms with Gasteiger partial charge in [0.1, 0.15) is 6.07 Å². The summed E-state index contributed by atoms with van der Waals surface area (Å²) in [7, 11) is -1.36. The van der Waals surface area contributed by atoms with Crippen molar-refractivity contribution in [1.29, 1.82) is 5.26 Å². The Morgan fingerprint density at radius 3 is 2.48 bits per heavy atom. The second-order valence-electron chi connectivity index (χ2n) is 5.14. The molecule has 6 nitrogen and oxygen atoms in total. The number of nitrogens with zero attached hydrogens (tertiary/aromatic N) is 1. The van der Waals surface area contributed by atoms with Crippen LogP contribution in [0.5, 0.6) is 0 Å². The highest BCUT2D eigenvalue weighted by Crippen LogP contribution is 2.17. The zero-order valence-corrected chi connectivity index (χ0v) is 14.5. The largest absolute Gasteiger partial charge is 0.449 e. The lowest BCUT2D eigenvalue weighted by Crippen LogP contribution is -2.30. The molecule has 0 fully saturated rings. The summed E-state index contributed by atoms with van der Waals surface area (Å²) in [4.78, 5) is 24.8. The summed E-state index contributed by atoms with van der Waals surface area (Å²) in [6.45, 7) is 1.42. The van der Waals surface area contributed by atoms with E-state index < -0.39 is 28.8 Å². The molecule has 0 aromatic heterocycles. The van der Waals surface area contributed by atoms with E-state index >= 15 is 0 Å². The summed E-state index contributed by atoms with van der Waals surface area (Å²) < 4.78 is 16.9. The van der Waals surface area contributed by atoms with Crippen molar-refractivity contribution in [3.05, 3.63) is 59.7 Å². The molecule has 0 radical (unpaired) electrons. The van der Waals surface area contributed by atoms with E-state index in [0.29, 0.717) is 16.1 Å². The number of carbonyl (C=O) groups excluding carboxylic acids is 2. The average molecular weight is 356 g/mol. The van der Waals surface area contributed by atoms with Crippen LogP contribution in [0.3, 0.4) is 0 Å². The van der Waals surface area contributed by atoms with E-state index in [9.17, 15) is 13.8 Å². The van der Waals surface area contributed by atoms with Gasteiger partial charge in [-0.3, -0.25) is 9.00 Å². The van der Waals surface area contributed by atoms with Gasteiger partial charge in [-0.25, -0.2) is 4.79 Å². The van der Waals surface area contributed by atoms with Gasteiger partial charge in [-0.05, 0) is 31.2 Å². The highest BCUT2D eigenvalue weighted by atomic mass is 32.2. The Morgan fingerprint density at radius 2 is 1.80 bits per heavy atom. The summed E-state index contributed by atoms with van der Waals surface area (Å²) in [6.07, 6.45) is 0.374. The molecule has 1 N–H and O–H groups in total. The SMILES string of the molecule is C[C@H](OC(=O)c1ccccc1[S@@](C)=O)C(=O)Nc1ccccc1C#N. The number of esters is 1. The molecule has 0 heterocycles. The van der Waals surface area contributed by atoms with E-state index in [4.69, 9.17) is 10.00 Å². The number of anilines is 1. The molecule has 0 aliphatic carbocycles. The molecule has 25 heavy (non-hydrogen) atoms. The number of nitriles is 1. The first-order chi connectivity index (χ1) is 11.9.